The Morgan fingerprint density at radius 3 is 2.44 bits per heavy atom. The predicted molar refractivity (Wildman–Crippen MR) is 69.3 cm³/mol. The van der Waals surface area contributed by atoms with E-state index >= 15 is 0 Å². The summed E-state index contributed by atoms with van der Waals surface area (Å²) in [6, 6.07) is 6.81. The standard InChI is InChI=1S/C14H21FN2O/c1-14(2,3)18-13-9-12(16-17(13)4)10-5-7-11(15)8-6-10/h5-8,12-13,16H,9H2,1-4H3. The molecule has 18 heavy (non-hydrogen) atoms. The summed E-state index contributed by atoms with van der Waals surface area (Å²) in [4.78, 5) is 0. The number of hydrogen-bond donors (Lipinski definition) is 1. The summed E-state index contributed by atoms with van der Waals surface area (Å²) < 4.78 is 18.9. The summed E-state index contributed by atoms with van der Waals surface area (Å²) in [5, 5.41) is 1.99. The van der Waals surface area contributed by atoms with E-state index in [9.17, 15) is 4.39 Å². The Labute approximate surface area is 108 Å². The van der Waals surface area contributed by atoms with Crippen LogP contribution in [0, 0.1) is 5.82 Å². The van der Waals surface area contributed by atoms with Crippen molar-refractivity contribution in [3.8, 4) is 0 Å². The van der Waals surface area contributed by atoms with Gasteiger partial charge in [0.25, 0.3) is 0 Å². The third kappa shape index (κ3) is 3.28. The van der Waals surface area contributed by atoms with E-state index in [0.717, 1.165) is 12.0 Å². The average molecular weight is 252 g/mol. The Morgan fingerprint density at radius 2 is 1.89 bits per heavy atom. The van der Waals surface area contributed by atoms with E-state index in [2.05, 4.69) is 5.43 Å². The molecule has 0 saturated carbocycles. The third-order valence-electron chi connectivity index (χ3n) is 2.99. The Bertz CT molecular complexity index is 399. The number of hydrazine groups is 1. The van der Waals surface area contributed by atoms with Gasteiger partial charge in [0.1, 0.15) is 12.0 Å². The summed E-state index contributed by atoms with van der Waals surface area (Å²) in [7, 11) is 1.97. The summed E-state index contributed by atoms with van der Waals surface area (Å²) in [5.41, 5.74) is 4.27. The van der Waals surface area contributed by atoms with Crippen molar-refractivity contribution < 1.29 is 9.13 Å². The fourth-order valence-electron chi connectivity index (χ4n) is 2.18. The molecule has 3 nitrogen and oxygen atoms in total. The Morgan fingerprint density at radius 1 is 1.28 bits per heavy atom. The molecule has 1 N–H and O–H groups in total. The molecule has 0 bridgehead atoms. The normalized spacial score (nSPS) is 25.6. The van der Waals surface area contributed by atoms with Gasteiger partial charge in [-0.2, -0.15) is 0 Å². The summed E-state index contributed by atoms with van der Waals surface area (Å²) in [6.45, 7) is 6.14. The number of rotatable bonds is 2. The summed E-state index contributed by atoms with van der Waals surface area (Å²) >= 11 is 0. The molecular formula is C14H21FN2O. The van der Waals surface area contributed by atoms with E-state index in [4.69, 9.17) is 4.74 Å². The van der Waals surface area contributed by atoms with Gasteiger partial charge in [-0.15, -0.1) is 0 Å². The lowest BCUT2D eigenvalue weighted by atomic mass is 10.0. The smallest absolute Gasteiger partial charge is 0.125 e. The molecule has 1 aromatic carbocycles. The van der Waals surface area contributed by atoms with Crippen molar-refractivity contribution in [2.45, 2.75) is 45.1 Å². The van der Waals surface area contributed by atoms with Crippen LogP contribution >= 0.6 is 0 Å². The molecule has 100 valence electrons. The van der Waals surface area contributed by atoms with Crippen LogP contribution in [-0.2, 0) is 4.74 Å². The van der Waals surface area contributed by atoms with Crippen LogP contribution in [-0.4, -0.2) is 23.9 Å². The van der Waals surface area contributed by atoms with Crippen LogP contribution in [0.1, 0.15) is 38.8 Å². The first-order valence-corrected chi connectivity index (χ1v) is 6.27. The number of halogens is 1. The molecule has 0 radical (unpaired) electrons. The van der Waals surface area contributed by atoms with E-state index in [-0.39, 0.29) is 23.7 Å². The zero-order valence-corrected chi connectivity index (χ0v) is 11.4. The first-order chi connectivity index (χ1) is 8.35. The van der Waals surface area contributed by atoms with E-state index in [0.29, 0.717) is 0 Å². The molecule has 1 aliphatic rings. The number of nitrogens with zero attached hydrogens (tertiary/aromatic N) is 1. The molecule has 0 spiro atoms. The molecule has 2 atom stereocenters. The molecule has 1 aromatic rings. The van der Waals surface area contributed by atoms with Crippen molar-refractivity contribution in [2.75, 3.05) is 7.05 Å². The minimum Gasteiger partial charge on any atom is -0.356 e. The van der Waals surface area contributed by atoms with Gasteiger partial charge in [-0.3, -0.25) is 0 Å². The number of benzene rings is 1. The van der Waals surface area contributed by atoms with Gasteiger partial charge in [0.15, 0.2) is 0 Å². The highest BCUT2D eigenvalue weighted by atomic mass is 19.1. The zero-order chi connectivity index (χ0) is 13.3. The van der Waals surface area contributed by atoms with Gasteiger partial charge in [-0.25, -0.2) is 14.8 Å². The van der Waals surface area contributed by atoms with E-state index < -0.39 is 0 Å². The lowest BCUT2D eigenvalue weighted by Gasteiger charge is -2.28. The Kier molecular flexibility index (Phi) is 3.71. The van der Waals surface area contributed by atoms with Crippen LogP contribution in [0.2, 0.25) is 0 Å². The first kappa shape index (κ1) is 13.5. The van der Waals surface area contributed by atoms with E-state index in [1.165, 1.54) is 12.1 Å². The molecule has 1 heterocycles. The van der Waals surface area contributed by atoms with Crippen LogP contribution in [0.5, 0.6) is 0 Å². The van der Waals surface area contributed by atoms with E-state index in [1.54, 1.807) is 0 Å². The monoisotopic (exact) mass is 252 g/mol. The predicted octanol–water partition coefficient (Wildman–Crippen LogP) is 2.85. The SMILES string of the molecule is CN1NC(c2ccc(F)cc2)CC1OC(C)(C)C. The average Bonchev–Trinajstić information content (AvgIpc) is 2.59. The topological polar surface area (TPSA) is 24.5 Å². The number of hydrogen-bond acceptors (Lipinski definition) is 3. The van der Waals surface area contributed by atoms with Gasteiger partial charge < -0.3 is 4.74 Å². The van der Waals surface area contributed by atoms with Gasteiger partial charge in [0.05, 0.1) is 11.6 Å². The van der Waals surface area contributed by atoms with Crippen molar-refractivity contribution in [3.63, 3.8) is 0 Å². The van der Waals surface area contributed by atoms with Crippen molar-refractivity contribution >= 4 is 0 Å². The maximum Gasteiger partial charge on any atom is 0.125 e. The number of ether oxygens (including phenoxy) is 1. The molecule has 1 saturated heterocycles. The Balaban J connectivity index is 2.04. The van der Waals surface area contributed by atoms with Gasteiger partial charge in [-0.05, 0) is 38.5 Å². The van der Waals surface area contributed by atoms with Gasteiger partial charge in [-0.1, -0.05) is 12.1 Å². The maximum atomic E-state index is 12.9. The second kappa shape index (κ2) is 4.96. The summed E-state index contributed by atoms with van der Waals surface area (Å²) in [6.07, 6.45) is 0.902. The summed E-state index contributed by atoms with van der Waals surface area (Å²) in [5.74, 6) is -0.201. The van der Waals surface area contributed by atoms with Crippen LogP contribution in [0.25, 0.3) is 0 Å². The molecule has 4 heteroatoms. The molecular weight excluding hydrogens is 231 g/mol. The maximum absolute atomic E-state index is 12.9. The van der Waals surface area contributed by atoms with E-state index in [1.807, 2.05) is 45.0 Å². The highest BCUT2D eigenvalue weighted by molar-refractivity contribution is 5.20. The molecule has 0 aromatic heterocycles. The fourth-order valence-corrected chi connectivity index (χ4v) is 2.18. The molecule has 0 aliphatic carbocycles. The van der Waals surface area contributed by atoms with Gasteiger partial charge in [0.2, 0.25) is 0 Å². The number of nitrogens with one attached hydrogen (secondary N) is 1. The Hall–Kier alpha value is -0.970. The fraction of sp³-hybridized carbons (Fsp3) is 0.571. The molecule has 1 fully saturated rings. The largest absolute Gasteiger partial charge is 0.356 e. The highest BCUT2D eigenvalue weighted by Crippen LogP contribution is 2.29. The molecule has 2 unspecified atom stereocenters. The molecule has 2 rings (SSSR count). The van der Waals surface area contributed by atoms with Crippen molar-refractivity contribution in [1.29, 1.82) is 0 Å². The van der Waals surface area contributed by atoms with Crippen LogP contribution in [0.15, 0.2) is 24.3 Å². The third-order valence-corrected chi connectivity index (χ3v) is 2.99. The quantitative estimate of drug-likeness (QED) is 0.876. The van der Waals surface area contributed by atoms with Crippen LogP contribution in [0.3, 0.4) is 0 Å². The lowest BCUT2D eigenvalue weighted by Crippen LogP contribution is -2.39. The highest BCUT2D eigenvalue weighted by Gasteiger charge is 2.33. The van der Waals surface area contributed by atoms with Crippen LogP contribution in [0.4, 0.5) is 4.39 Å². The van der Waals surface area contributed by atoms with Crippen LogP contribution < -0.4 is 5.43 Å². The van der Waals surface area contributed by atoms with Gasteiger partial charge >= 0.3 is 0 Å². The minimum atomic E-state index is -0.201. The van der Waals surface area contributed by atoms with Gasteiger partial charge in [0, 0.05) is 13.5 Å². The first-order valence-electron chi connectivity index (χ1n) is 6.27. The van der Waals surface area contributed by atoms with Crippen molar-refractivity contribution in [2.24, 2.45) is 0 Å². The minimum absolute atomic E-state index is 0.0417. The lowest BCUT2D eigenvalue weighted by molar-refractivity contribution is -0.118. The second-order valence-corrected chi connectivity index (χ2v) is 5.76. The van der Waals surface area contributed by atoms with Crippen molar-refractivity contribution in [3.05, 3.63) is 35.6 Å². The zero-order valence-electron chi connectivity index (χ0n) is 11.4. The molecule has 0 amide bonds. The van der Waals surface area contributed by atoms with Crippen molar-refractivity contribution in [1.82, 2.24) is 10.4 Å². The second-order valence-electron chi connectivity index (χ2n) is 5.76. The molecule has 1 aliphatic heterocycles.